The van der Waals surface area contributed by atoms with Gasteiger partial charge < -0.3 is 0 Å². The van der Waals surface area contributed by atoms with Crippen molar-refractivity contribution in [2.75, 3.05) is 4.90 Å². The number of rotatable bonds is 3. The zero-order valence-electron chi connectivity index (χ0n) is 12.7. The topological polar surface area (TPSA) is 41.9 Å². The number of halogens is 1. The van der Waals surface area contributed by atoms with Crippen LogP contribution < -0.4 is 4.90 Å². The number of pyridine rings is 1. The summed E-state index contributed by atoms with van der Waals surface area (Å²) < 4.78 is 13.7. The van der Waals surface area contributed by atoms with Crippen LogP contribution in [0.25, 0.3) is 11.0 Å². The van der Waals surface area contributed by atoms with Crippen molar-refractivity contribution in [2.24, 2.45) is 0 Å². The highest BCUT2D eigenvalue weighted by Crippen LogP contribution is 2.32. The summed E-state index contributed by atoms with van der Waals surface area (Å²) in [5, 5.41) is 0. The highest BCUT2D eigenvalue weighted by Gasteiger charge is 2.16. The Kier molecular flexibility index (Phi) is 3.59. The van der Waals surface area contributed by atoms with Crippen LogP contribution in [0.4, 0.5) is 21.7 Å². The van der Waals surface area contributed by atoms with E-state index in [1.165, 1.54) is 12.1 Å². The number of hydrogen-bond donors (Lipinski definition) is 0. The lowest BCUT2D eigenvalue weighted by atomic mass is 10.2. The Morgan fingerprint density at radius 3 is 2.42 bits per heavy atom. The number of anilines is 3. The first-order valence-electron chi connectivity index (χ1n) is 7.50. The molecule has 0 aliphatic carbocycles. The Morgan fingerprint density at radius 2 is 1.58 bits per heavy atom. The summed E-state index contributed by atoms with van der Waals surface area (Å²) in [5.41, 5.74) is 2.96. The lowest BCUT2D eigenvalue weighted by Gasteiger charge is -2.23. The number of hydrogen-bond acceptors (Lipinski definition) is 4. The Balaban J connectivity index is 1.91. The maximum absolute atomic E-state index is 13.7. The van der Waals surface area contributed by atoms with Crippen LogP contribution in [-0.4, -0.2) is 15.0 Å². The Bertz CT molecular complexity index is 988. The molecule has 4 aromatic rings. The summed E-state index contributed by atoms with van der Waals surface area (Å²) in [6.07, 6.45) is 3.37. The molecule has 2 aromatic heterocycles. The SMILES string of the molecule is Fc1cccc(N(c2ccccc2)c2ncc3ncccc3n2)c1. The molecule has 5 heteroatoms. The molecule has 116 valence electrons. The van der Waals surface area contributed by atoms with E-state index in [4.69, 9.17) is 0 Å². The molecule has 0 spiro atoms. The molecule has 0 amide bonds. The van der Waals surface area contributed by atoms with Crippen LogP contribution in [0, 0.1) is 5.82 Å². The second-order valence-corrected chi connectivity index (χ2v) is 5.23. The van der Waals surface area contributed by atoms with Gasteiger partial charge in [-0.15, -0.1) is 0 Å². The minimum absolute atomic E-state index is 0.309. The third-order valence-electron chi connectivity index (χ3n) is 3.62. The molecule has 2 heterocycles. The fraction of sp³-hybridized carbons (Fsp3) is 0. The predicted molar refractivity (Wildman–Crippen MR) is 92.0 cm³/mol. The van der Waals surface area contributed by atoms with Gasteiger partial charge in [0.2, 0.25) is 5.95 Å². The molecule has 2 aromatic carbocycles. The lowest BCUT2D eigenvalue weighted by Crippen LogP contribution is -2.13. The van der Waals surface area contributed by atoms with Gasteiger partial charge in [0, 0.05) is 11.9 Å². The third kappa shape index (κ3) is 2.67. The zero-order valence-corrected chi connectivity index (χ0v) is 12.7. The van der Waals surface area contributed by atoms with Gasteiger partial charge in [-0.3, -0.25) is 9.88 Å². The Morgan fingerprint density at radius 1 is 0.750 bits per heavy atom. The summed E-state index contributed by atoms with van der Waals surface area (Å²) in [5.74, 6) is 0.156. The van der Waals surface area contributed by atoms with Gasteiger partial charge in [-0.05, 0) is 42.5 Å². The molecule has 0 aliphatic rings. The molecule has 0 N–H and O–H groups in total. The van der Waals surface area contributed by atoms with Gasteiger partial charge in [-0.25, -0.2) is 14.4 Å². The van der Waals surface area contributed by atoms with Crippen LogP contribution in [0.3, 0.4) is 0 Å². The highest BCUT2D eigenvalue weighted by atomic mass is 19.1. The maximum Gasteiger partial charge on any atom is 0.235 e. The molecule has 0 bridgehead atoms. The standard InChI is InChI=1S/C19H13FN4/c20-14-6-4-9-16(12-14)24(15-7-2-1-3-8-15)19-22-13-18-17(23-19)10-5-11-21-18/h1-13H. The van der Waals surface area contributed by atoms with E-state index in [1.54, 1.807) is 18.5 Å². The van der Waals surface area contributed by atoms with Gasteiger partial charge in [0.25, 0.3) is 0 Å². The second kappa shape index (κ2) is 6.04. The van der Waals surface area contributed by atoms with Crippen LogP contribution in [-0.2, 0) is 0 Å². The highest BCUT2D eigenvalue weighted by molar-refractivity contribution is 5.78. The van der Waals surface area contributed by atoms with Crippen molar-refractivity contribution in [3.8, 4) is 0 Å². The summed E-state index contributed by atoms with van der Waals surface area (Å²) in [4.78, 5) is 15.1. The van der Waals surface area contributed by atoms with Crippen molar-refractivity contribution < 1.29 is 4.39 Å². The van der Waals surface area contributed by atoms with E-state index >= 15 is 0 Å². The number of aromatic nitrogens is 3. The average molecular weight is 316 g/mol. The molecule has 0 atom stereocenters. The van der Waals surface area contributed by atoms with E-state index in [0.29, 0.717) is 17.2 Å². The Hall–Kier alpha value is -3.34. The molecule has 0 aliphatic heterocycles. The van der Waals surface area contributed by atoms with E-state index in [2.05, 4.69) is 15.0 Å². The van der Waals surface area contributed by atoms with Crippen molar-refractivity contribution in [2.45, 2.75) is 0 Å². The van der Waals surface area contributed by atoms with Gasteiger partial charge in [0.15, 0.2) is 0 Å². The quantitative estimate of drug-likeness (QED) is 0.552. The maximum atomic E-state index is 13.7. The minimum atomic E-state index is -0.309. The molecule has 24 heavy (non-hydrogen) atoms. The molecule has 0 saturated carbocycles. The lowest BCUT2D eigenvalue weighted by molar-refractivity contribution is 0.628. The minimum Gasteiger partial charge on any atom is -0.279 e. The van der Waals surface area contributed by atoms with Gasteiger partial charge in [0.05, 0.1) is 17.4 Å². The largest absolute Gasteiger partial charge is 0.279 e. The van der Waals surface area contributed by atoms with E-state index in [0.717, 1.165) is 11.2 Å². The van der Waals surface area contributed by atoms with Gasteiger partial charge in [-0.2, -0.15) is 0 Å². The molecule has 4 nitrogen and oxygen atoms in total. The van der Waals surface area contributed by atoms with Crippen LogP contribution in [0.1, 0.15) is 0 Å². The van der Waals surface area contributed by atoms with E-state index in [9.17, 15) is 4.39 Å². The molecule has 0 saturated heterocycles. The van der Waals surface area contributed by atoms with Gasteiger partial charge in [0.1, 0.15) is 11.3 Å². The monoisotopic (exact) mass is 316 g/mol. The number of para-hydroxylation sites is 1. The predicted octanol–water partition coefficient (Wildman–Crippen LogP) is 4.63. The first-order chi connectivity index (χ1) is 11.8. The number of nitrogens with zero attached hydrogens (tertiary/aromatic N) is 4. The summed E-state index contributed by atoms with van der Waals surface area (Å²) in [6, 6.07) is 19.7. The molecule has 0 fully saturated rings. The molecule has 4 rings (SSSR count). The molecule has 0 unspecified atom stereocenters. The van der Waals surface area contributed by atoms with Gasteiger partial charge in [-0.1, -0.05) is 24.3 Å². The van der Waals surface area contributed by atoms with Crippen LogP contribution in [0.2, 0.25) is 0 Å². The normalized spacial score (nSPS) is 10.7. The average Bonchev–Trinajstić information content (AvgIpc) is 2.63. The van der Waals surface area contributed by atoms with E-state index in [-0.39, 0.29) is 5.82 Å². The first-order valence-corrected chi connectivity index (χ1v) is 7.50. The molecular formula is C19H13FN4. The van der Waals surface area contributed by atoms with Crippen LogP contribution in [0.15, 0.2) is 79.1 Å². The molecular weight excluding hydrogens is 303 g/mol. The van der Waals surface area contributed by atoms with E-state index in [1.807, 2.05) is 53.4 Å². The van der Waals surface area contributed by atoms with Gasteiger partial charge >= 0.3 is 0 Å². The first kappa shape index (κ1) is 14.3. The van der Waals surface area contributed by atoms with Crippen molar-refractivity contribution >= 4 is 28.4 Å². The summed E-state index contributed by atoms with van der Waals surface area (Å²) >= 11 is 0. The fourth-order valence-corrected chi connectivity index (χ4v) is 2.54. The van der Waals surface area contributed by atoms with Crippen molar-refractivity contribution in [1.29, 1.82) is 0 Å². The second-order valence-electron chi connectivity index (χ2n) is 5.23. The third-order valence-corrected chi connectivity index (χ3v) is 3.62. The van der Waals surface area contributed by atoms with E-state index < -0.39 is 0 Å². The number of fused-ring (bicyclic) bond motifs is 1. The zero-order chi connectivity index (χ0) is 16.4. The van der Waals surface area contributed by atoms with Crippen LogP contribution in [0.5, 0.6) is 0 Å². The fourth-order valence-electron chi connectivity index (χ4n) is 2.54. The summed E-state index contributed by atoms with van der Waals surface area (Å²) in [7, 11) is 0. The smallest absolute Gasteiger partial charge is 0.235 e. The van der Waals surface area contributed by atoms with Crippen LogP contribution >= 0.6 is 0 Å². The Labute approximate surface area is 138 Å². The number of benzene rings is 2. The van der Waals surface area contributed by atoms with Crippen molar-refractivity contribution in [3.63, 3.8) is 0 Å². The van der Waals surface area contributed by atoms with Crippen molar-refractivity contribution in [3.05, 3.63) is 84.9 Å². The van der Waals surface area contributed by atoms with Crippen molar-refractivity contribution in [1.82, 2.24) is 15.0 Å². The summed E-state index contributed by atoms with van der Waals surface area (Å²) in [6.45, 7) is 0. The molecule has 0 radical (unpaired) electrons.